The van der Waals surface area contributed by atoms with Gasteiger partial charge in [0.25, 0.3) is 0 Å². The number of aromatic nitrogens is 2. The van der Waals surface area contributed by atoms with Crippen LogP contribution >= 0.6 is 0 Å². The van der Waals surface area contributed by atoms with Gasteiger partial charge >= 0.3 is 0 Å². The molecule has 1 aliphatic heterocycles. The summed E-state index contributed by atoms with van der Waals surface area (Å²) < 4.78 is 11.7. The molecule has 5 nitrogen and oxygen atoms in total. The minimum atomic E-state index is -0.138. The van der Waals surface area contributed by atoms with E-state index in [1.54, 1.807) is 0 Å². The molecule has 0 fully saturated rings. The van der Waals surface area contributed by atoms with Crippen LogP contribution in [-0.2, 0) is 0 Å². The number of hydrogen-bond donors (Lipinski definition) is 2. The number of para-hydroxylation sites is 3. The van der Waals surface area contributed by atoms with Crippen LogP contribution in [0.25, 0.3) is 82.6 Å². The number of hydrogen-bond acceptors (Lipinski definition) is 3. The monoisotopic (exact) mass is 732 g/mol. The van der Waals surface area contributed by atoms with E-state index in [2.05, 4.69) is 214 Å². The summed E-state index contributed by atoms with van der Waals surface area (Å²) in [6.07, 6.45) is 2.16. The second-order valence-corrected chi connectivity index (χ2v) is 15.0. The van der Waals surface area contributed by atoms with E-state index >= 15 is 0 Å². The summed E-state index contributed by atoms with van der Waals surface area (Å²) in [5.41, 5.74) is 13.3. The van der Waals surface area contributed by atoms with E-state index < -0.39 is 0 Å². The highest BCUT2D eigenvalue weighted by Gasteiger charge is 2.27. The third-order valence-electron chi connectivity index (χ3n) is 11.8. The van der Waals surface area contributed by atoms with Crippen molar-refractivity contribution in [3.63, 3.8) is 0 Å². The van der Waals surface area contributed by atoms with E-state index in [4.69, 9.17) is 4.42 Å². The van der Waals surface area contributed by atoms with Crippen LogP contribution in [0.3, 0.4) is 0 Å². The Labute approximate surface area is 328 Å². The third-order valence-corrected chi connectivity index (χ3v) is 11.8. The van der Waals surface area contributed by atoms with Crippen molar-refractivity contribution in [3.05, 3.63) is 211 Å². The molecule has 2 atom stereocenters. The maximum Gasteiger partial charge on any atom is 0.145 e. The molecule has 270 valence electrons. The lowest BCUT2D eigenvalue weighted by atomic mass is 9.98. The summed E-state index contributed by atoms with van der Waals surface area (Å²) >= 11 is 0. The van der Waals surface area contributed by atoms with Crippen LogP contribution < -0.4 is 10.6 Å². The first kappa shape index (κ1) is 32.0. The topological polar surface area (TPSA) is 47.1 Å². The molecule has 3 aromatic heterocycles. The van der Waals surface area contributed by atoms with Crippen molar-refractivity contribution < 1.29 is 4.42 Å². The summed E-state index contributed by atoms with van der Waals surface area (Å²) in [5, 5.41) is 14.8. The van der Waals surface area contributed by atoms with E-state index in [9.17, 15) is 0 Å². The molecule has 2 N–H and O–H groups in total. The Morgan fingerprint density at radius 2 is 1.05 bits per heavy atom. The summed E-state index contributed by atoms with van der Waals surface area (Å²) in [4.78, 5) is 0. The Kier molecular flexibility index (Phi) is 7.06. The van der Waals surface area contributed by atoms with Crippen LogP contribution in [0.1, 0.15) is 28.9 Å². The molecule has 1 aliphatic rings. The SMILES string of the molecule is C1=C(c2ccccc2)NC(c2cccc(-n3c4ccc5c6ccccc6oc5c4c4c5c6ccccc6n(-c6ccccc6)c5ccc43)c2)NC1c1ccccc1. The Morgan fingerprint density at radius 3 is 1.88 bits per heavy atom. The molecule has 0 spiro atoms. The third kappa shape index (κ3) is 4.93. The summed E-state index contributed by atoms with van der Waals surface area (Å²) in [6.45, 7) is 0. The fourth-order valence-electron chi connectivity index (χ4n) is 9.27. The molecule has 11 aromatic rings. The van der Waals surface area contributed by atoms with Gasteiger partial charge in [0.15, 0.2) is 0 Å². The molecule has 0 saturated heterocycles. The van der Waals surface area contributed by atoms with Crippen molar-refractivity contribution in [3.8, 4) is 11.4 Å². The summed E-state index contributed by atoms with van der Waals surface area (Å²) in [6, 6.07) is 67.3. The number of nitrogens with zero attached hydrogens (tertiary/aromatic N) is 2. The molecular weight excluding hydrogens is 697 g/mol. The van der Waals surface area contributed by atoms with Gasteiger partial charge in [0.1, 0.15) is 17.3 Å². The second-order valence-electron chi connectivity index (χ2n) is 15.0. The van der Waals surface area contributed by atoms with Gasteiger partial charge in [-0.2, -0.15) is 0 Å². The molecule has 0 aliphatic carbocycles. The van der Waals surface area contributed by atoms with Crippen LogP contribution in [0.5, 0.6) is 0 Å². The van der Waals surface area contributed by atoms with Crippen LogP contribution in [0.2, 0.25) is 0 Å². The zero-order chi connectivity index (χ0) is 37.5. The van der Waals surface area contributed by atoms with E-state index in [1.165, 1.54) is 32.8 Å². The Morgan fingerprint density at radius 1 is 0.439 bits per heavy atom. The first-order chi connectivity index (χ1) is 28.3. The Bertz CT molecular complexity index is 3360. The van der Waals surface area contributed by atoms with Gasteiger partial charge in [0.2, 0.25) is 0 Å². The van der Waals surface area contributed by atoms with E-state index in [-0.39, 0.29) is 12.2 Å². The van der Waals surface area contributed by atoms with Crippen molar-refractivity contribution in [2.45, 2.75) is 12.2 Å². The fraction of sp³-hybridized carbons (Fsp3) is 0.0385. The van der Waals surface area contributed by atoms with Gasteiger partial charge in [0.05, 0.1) is 33.5 Å². The average molecular weight is 733 g/mol. The van der Waals surface area contributed by atoms with E-state index in [0.717, 1.165) is 66.6 Å². The predicted octanol–water partition coefficient (Wildman–Crippen LogP) is 12.8. The minimum absolute atomic E-state index is 0.0288. The standard InChI is InChI=1S/C52H36N4O/c1-4-15-33(16-5-1)41-32-42(34-17-6-2-7-18-34)54-52(53-41)35-19-14-22-37(31-35)56-45-30-29-44-48(40-24-10-12-25-43(40)55(44)36-20-8-3-9-21-36)49(45)50-46(56)28-27-39-38-23-11-13-26-47(38)57-51(39)50/h1-32,41,52-54H. The predicted molar refractivity (Wildman–Crippen MR) is 235 cm³/mol. The molecule has 4 heterocycles. The molecule has 0 radical (unpaired) electrons. The number of nitrogens with one attached hydrogen (secondary N) is 2. The zero-order valence-electron chi connectivity index (χ0n) is 30.9. The number of furan rings is 1. The quantitative estimate of drug-likeness (QED) is 0.185. The lowest BCUT2D eigenvalue weighted by Gasteiger charge is -2.33. The highest BCUT2D eigenvalue weighted by Crippen LogP contribution is 2.46. The number of fused-ring (bicyclic) bond motifs is 11. The molecule has 2 unspecified atom stereocenters. The molecule has 57 heavy (non-hydrogen) atoms. The Balaban J connectivity index is 1.12. The molecule has 12 rings (SSSR count). The van der Waals surface area contributed by atoms with Crippen molar-refractivity contribution >= 4 is 71.2 Å². The largest absolute Gasteiger partial charge is 0.455 e. The van der Waals surface area contributed by atoms with Crippen LogP contribution in [0.15, 0.2) is 199 Å². The van der Waals surface area contributed by atoms with Crippen molar-refractivity contribution in [1.29, 1.82) is 0 Å². The van der Waals surface area contributed by atoms with Crippen molar-refractivity contribution in [1.82, 2.24) is 19.8 Å². The Hall–Kier alpha value is -7.34. The minimum Gasteiger partial charge on any atom is -0.455 e. The van der Waals surface area contributed by atoms with Crippen molar-refractivity contribution in [2.24, 2.45) is 0 Å². The van der Waals surface area contributed by atoms with E-state index in [1.807, 2.05) is 0 Å². The maximum absolute atomic E-state index is 6.86. The van der Waals surface area contributed by atoms with Gasteiger partial charge in [-0.1, -0.05) is 127 Å². The average Bonchev–Trinajstić information content (AvgIpc) is 3.95. The van der Waals surface area contributed by atoms with Gasteiger partial charge in [-0.05, 0) is 83.4 Å². The van der Waals surface area contributed by atoms with E-state index in [0.29, 0.717) is 0 Å². The molecule has 0 bridgehead atoms. The summed E-state index contributed by atoms with van der Waals surface area (Å²) in [7, 11) is 0. The highest BCUT2D eigenvalue weighted by atomic mass is 16.3. The second kappa shape index (κ2) is 12.6. The fourth-order valence-corrected chi connectivity index (χ4v) is 9.27. The van der Waals surface area contributed by atoms with Gasteiger partial charge in [0, 0.05) is 44.0 Å². The molecular formula is C52H36N4O. The van der Waals surface area contributed by atoms with Gasteiger partial charge in [-0.25, -0.2) is 0 Å². The molecule has 0 amide bonds. The lowest BCUT2D eigenvalue weighted by Crippen LogP contribution is -2.39. The van der Waals surface area contributed by atoms with Crippen molar-refractivity contribution in [2.75, 3.05) is 0 Å². The van der Waals surface area contributed by atoms with Crippen LogP contribution in [0, 0.1) is 0 Å². The van der Waals surface area contributed by atoms with Gasteiger partial charge < -0.3 is 18.9 Å². The van der Waals surface area contributed by atoms with Gasteiger partial charge in [-0.3, -0.25) is 5.32 Å². The number of rotatable bonds is 5. The van der Waals surface area contributed by atoms with Crippen LogP contribution in [0.4, 0.5) is 0 Å². The lowest BCUT2D eigenvalue weighted by molar-refractivity contribution is 0.442. The smallest absolute Gasteiger partial charge is 0.145 e. The normalized spacial score (nSPS) is 15.9. The zero-order valence-corrected chi connectivity index (χ0v) is 30.9. The van der Waals surface area contributed by atoms with Crippen LogP contribution in [-0.4, -0.2) is 9.13 Å². The summed E-state index contributed by atoms with van der Waals surface area (Å²) in [5.74, 6) is 0. The molecule has 0 saturated carbocycles. The maximum atomic E-state index is 6.86. The first-order valence-corrected chi connectivity index (χ1v) is 19.6. The molecule has 5 heteroatoms. The van der Waals surface area contributed by atoms with Gasteiger partial charge in [-0.15, -0.1) is 0 Å². The highest BCUT2D eigenvalue weighted by molar-refractivity contribution is 6.33. The molecule has 8 aromatic carbocycles. The number of benzene rings is 8. The first-order valence-electron chi connectivity index (χ1n) is 19.6.